The van der Waals surface area contributed by atoms with E-state index in [1.807, 2.05) is 51.1 Å². The van der Waals surface area contributed by atoms with Crippen molar-refractivity contribution >= 4 is 12.2 Å². The van der Waals surface area contributed by atoms with Gasteiger partial charge in [0.05, 0.1) is 0 Å². The summed E-state index contributed by atoms with van der Waals surface area (Å²) in [5.41, 5.74) is 0.489. The van der Waals surface area contributed by atoms with E-state index >= 15 is 0 Å². The van der Waals surface area contributed by atoms with Crippen molar-refractivity contribution in [2.45, 2.75) is 45.4 Å². The SMILES string of the molecule is CC(C)(C)OC(=O)N1CC2(C[C@@H]2NC(=O)OCc2ccccc2)C1. The van der Waals surface area contributed by atoms with Crippen molar-refractivity contribution in [3.05, 3.63) is 35.9 Å². The fourth-order valence-electron chi connectivity index (χ4n) is 2.98. The highest BCUT2D eigenvalue weighted by atomic mass is 16.6. The molecule has 0 unspecified atom stereocenters. The van der Waals surface area contributed by atoms with E-state index in [1.165, 1.54) is 0 Å². The van der Waals surface area contributed by atoms with Gasteiger partial charge in [0.2, 0.25) is 0 Å². The second kappa shape index (κ2) is 6.00. The number of nitrogens with one attached hydrogen (secondary N) is 1. The molecule has 1 aliphatic heterocycles. The first-order valence-corrected chi connectivity index (χ1v) is 8.23. The van der Waals surface area contributed by atoms with Crippen molar-refractivity contribution < 1.29 is 19.1 Å². The average Bonchev–Trinajstić information content (AvgIpc) is 3.17. The Morgan fingerprint density at radius 2 is 1.92 bits per heavy atom. The zero-order chi connectivity index (χ0) is 17.4. The summed E-state index contributed by atoms with van der Waals surface area (Å²) >= 11 is 0. The van der Waals surface area contributed by atoms with Crippen LogP contribution in [0.2, 0.25) is 0 Å². The summed E-state index contributed by atoms with van der Waals surface area (Å²) in [4.78, 5) is 25.5. The molecule has 3 rings (SSSR count). The minimum absolute atomic E-state index is 0.0165. The van der Waals surface area contributed by atoms with Gasteiger partial charge in [0.1, 0.15) is 12.2 Å². The molecule has 1 saturated carbocycles. The summed E-state index contributed by atoms with van der Waals surface area (Å²) < 4.78 is 10.6. The summed E-state index contributed by atoms with van der Waals surface area (Å²) in [6.45, 7) is 7.08. The third-order valence-corrected chi connectivity index (χ3v) is 4.36. The monoisotopic (exact) mass is 332 g/mol. The number of carbonyl (C=O) groups excluding carboxylic acids is 2. The Kier molecular flexibility index (Phi) is 4.15. The predicted octanol–water partition coefficient (Wildman–Crippen LogP) is 2.92. The molecule has 0 bridgehead atoms. The van der Waals surface area contributed by atoms with E-state index in [1.54, 1.807) is 4.90 Å². The zero-order valence-corrected chi connectivity index (χ0v) is 14.4. The largest absolute Gasteiger partial charge is 0.445 e. The smallest absolute Gasteiger partial charge is 0.410 e. The Morgan fingerprint density at radius 1 is 1.25 bits per heavy atom. The fourth-order valence-corrected chi connectivity index (χ4v) is 2.98. The number of benzene rings is 1. The molecule has 2 aliphatic rings. The normalized spacial score (nSPS) is 21.0. The van der Waals surface area contributed by atoms with Crippen LogP contribution in [0.25, 0.3) is 0 Å². The first-order valence-electron chi connectivity index (χ1n) is 8.23. The van der Waals surface area contributed by atoms with Crippen molar-refractivity contribution in [1.29, 1.82) is 0 Å². The van der Waals surface area contributed by atoms with Crippen molar-refractivity contribution in [2.75, 3.05) is 13.1 Å². The standard InChI is InChI=1S/C18H24N2O4/c1-17(2,3)24-16(22)20-11-18(12-20)9-14(18)19-15(21)23-10-13-7-5-4-6-8-13/h4-8,14H,9-12H2,1-3H3,(H,19,21)/t14-/m0/s1. The van der Waals surface area contributed by atoms with Gasteiger partial charge in [0.15, 0.2) is 0 Å². The quantitative estimate of drug-likeness (QED) is 0.924. The number of alkyl carbamates (subject to hydrolysis) is 1. The second-order valence-electron chi connectivity index (χ2n) is 7.66. The lowest BCUT2D eigenvalue weighted by Crippen LogP contribution is -2.55. The number of hydrogen-bond acceptors (Lipinski definition) is 4. The molecule has 6 heteroatoms. The van der Waals surface area contributed by atoms with E-state index in [9.17, 15) is 9.59 Å². The molecule has 2 amide bonds. The lowest BCUT2D eigenvalue weighted by molar-refractivity contribution is -0.00777. The number of likely N-dealkylation sites (tertiary alicyclic amines) is 1. The fraction of sp³-hybridized carbons (Fsp3) is 0.556. The van der Waals surface area contributed by atoms with Crippen LogP contribution in [0.3, 0.4) is 0 Å². The van der Waals surface area contributed by atoms with Crippen LogP contribution in [0.4, 0.5) is 9.59 Å². The maximum Gasteiger partial charge on any atom is 0.410 e. The molecule has 1 aliphatic carbocycles. The van der Waals surface area contributed by atoms with Gasteiger partial charge in [0.25, 0.3) is 0 Å². The van der Waals surface area contributed by atoms with Gasteiger partial charge in [-0.05, 0) is 32.8 Å². The number of rotatable bonds is 3. The lowest BCUT2D eigenvalue weighted by atomic mass is 9.96. The highest BCUT2D eigenvalue weighted by Gasteiger charge is 2.63. The summed E-state index contributed by atoms with van der Waals surface area (Å²) in [5, 5.41) is 2.88. The summed E-state index contributed by atoms with van der Waals surface area (Å²) in [5.74, 6) is 0. The van der Waals surface area contributed by atoms with Gasteiger partial charge in [0, 0.05) is 24.5 Å². The molecule has 0 aromatic heterocycles. The maximum atomic E-state index is 11.9. The van der Waals surface area contributed by atoms with Crippen LogP contribution in [0.15, 0.2) is 30.3 Å². The van der Waals surface area contributed by atoms with E-state index in [0.29, 0.717) is 13.1 Å². The van der Waals surface area contributed by atoms with E-state index in [-0.39, 0.29) is 24.2 Å². The Morgan fingerprint density at radius 3 is 2.54 bits per heavy atom. The van der Waals surface area contributed by atoms with Crippen molar-refractivity contribution in [3.8, 4) is 0 Å². The molecule has 2 fully saturated rings. The van der Waals surface area contributed by atoms with Crippen LogP contribution in [0, 0.1) is 5.41 Å². The lowest BCUT2D eigenvalue weighted by Gasteiger charge is -2.41. The molecule has 24 heavy (non-hydrogen) atoms. The van der Waals surface area contributed by atoms with Gasteiger partial charge >= 0.3 is 12.2 Å². The first kappa shape index (κ1) is 16.6. The number of ether oxygens (including phenoxy) is 2. The average molecular weight is 332 g/mol. The molecule has 1 aromatic carbocycles. The van der Waals surface area contributed by atoms with Crippen LogP contribution >= 0.6 is 0 Å². The predicted molar refractivity (Wildman–Crippen MR) is 88.4 cm³/mol. The molecule has 6 nitrogen and oxygen atoms in total. The number of carbonyl (C=O) groups is 2. The van der Waals surface area contributed by atoms with Crippen molar-refractivity contribution in [1.82, 2.24) is 10.2 Å². The van der Waals surface area contributed by atoms with Crippen molar-refractivity contribution in [3.63, 3.8) is 0 Å². The van der Waals surface area contributed by atoms with Gasteiger partial charge in [-0.2, -0.15) is 0 Å². The molecule has 1 spiro atoms. The Hall–Kier alpha value is -2.24. The number of hydrogen-bond donors (Lipinski definition) is 1. The molecular formula is C18H24N2O4. The minimum Gasteiger partial charge on any atom is -0.445 e. The minimum atomic E-state index is -0.484. The molecule has 1 saturated heterocycles. The summed E-state index contributed by atoms with van der Waals surface area (Å²) in [6.07, 6.45) is 0.189. The van der Waals surface area contributed by atoms with Crippen LogP contribution in [0.1, 0.15) is 32.8 Å². The molecule has 130 valence electrons. The van der Waals surface area contributed by atoms with Crippen LogP contribution in [-0.2, 0) is 16.1 Å². The number of amides is 2. The van der Waals surface area contributed by atoms with E-state index in [4.69, 9.17) is 9.47 Å². The Balaban J connectivity index is 1.38. The van der Waals surface area contributed by atoms with E-state index in [2.05, 4.69) is 5.32 Å². The van der Waals surface area contributed by atoms with Gasteiger partial charge in [-0.15, -0.1) is 0 Å². The zero-order valence-electron chi connectivity index (χ0n) is 14.4. The molecule has 1 atom stereocenters. The summed E-state index contributed by atoms with van der Waals surface area (Å²) in [7, 11) is 0. The van der Waals surface area contributed by atoms with Gasteiger partial charge in [-0.3, -0.25) is 0 Å². The van der Waals surface area contributed by atoms with Crippen LogP contribution < -0.4 is 5.32 Å². The van der Waals surface area contributed by atoms with Gasteiger partial charge in [-0.1, -0.05) is 30.3 Å². The molecule has 1 N–H and O–H groups in total. The summed E-state index contributed by atoms with van der Waals surface area (Å²) in [6, 6.07) is 9.65. The Labute approximate surface area is 142 Å². The van der Waals surface area contributed by atoms with Crippen LogP contribution in [-0.4, -0.2) is 41.8 Å². The molecule has 1 heterocycles. The molecule has 0 radical (unpaired) electrons. The highest BCUT2D eigenvalue weighted by molar-refractivity contribution is 5.71. The van der Waals surface area contributed by atoms with Crippen LogP contribution in [0.5, 0.6) is 0 Å². The topological polar surface area (TPSA) is 67.9 Å². The highest BCUT2D eigenvalue weighted by Crippen LogP contribution is 2.53. The van der Waals surface area contributed by atoms with Gasteiger partial charge < -0.3 is 19.7 Å². The first-order chi connectivity index (χ1) is 11.3. The van der Waals surface area contributed by atoms with Crippen molar-refractivity contribution in [2.24, 2.45) is 5.41 Å². The number of nitrogens with zero attached hydrogens (tertiary/aromatic N) is 1. The van der Waals surface area contributed by atoms with E-state index < -0.39 is 11.7 Å². The molecular weight excluding hydrogens is 308 g/mol. The molecule has 1 aromatic rings. The second-order valence-corrected chi connectivity index (χ2v) is 7.66. The maximum absolute atomic E-state index is 11.9. The van der Waals surface area contributed by atoms with Gasteiger partial charge in [-0.25, -0.2) is 9.59 Å². The third kappa shape index (κ3) is 3.80. The van der Waals surface area contributed by atoms with E-state index in [0.717, 1.165) is 12.0 Å². The third-order valence-electron chi connectivity index (χ3n) is 4.36. The Bertz CT molecular complexity index is 618.